The molecule has 1 unspecified atom stereocenters. The normalized spacial score (nSPS) is 21.0. The zero-order chi connectivity index (χ0) is 18.5. The molecule has 2 fully saturated rings. The van der Waals surface area contributed by atoms with Crippen molar-refractivity contribution >= 4 is 23.4 Å². The van der Waals surface area contributed by atoms with Crippen molar-refractivity contribution in [1.29, 1.82) is 0 Å². The van der Waals surface area contributed by atoms with Gasteiger partial charge in [-0.1, -0.05) is 30.3 Å². The van der Waals surface area contributed by atoms with Gasteiger partial charge in [-0.05, 0) is 36.2 Å². The Bertz CT molecular complexity index is 745. The number of benzene rings is 2. The molecule has 0 aliphatic carbocycles. The molecule has 2 heterocycles. The lowest BCUT2D eigenvalue weighted by Gasteiger charge is -2.29. The molecule has 2 aromatic rings. The second-order valence-corrected chi connectivity index (χ2v) is 8.31. The number of thioether (sulfide) groups is 1. The molecule has 4 rings (SSSR count). The minimum atomic E-state index is 0.151. The number of amides is 1. The highest BCUT2D eigenvalue weighted by atomic mass is 32.2. The lowest BCUT2D eigenvalue weighted by Crippen LogP contribution is -2.36. The van der Waals surface area contributed by atoms with Gasteiger partial charge in [0, 0.05) is 48.4 Å². The SMILES string of the molecule is O=C(c1ccc(N2CCOCC2)cc1)N1CCSC(c2ccccc2)CC1. The van der Waals surface area contributed by atoms with E-state index in [1.165, 1.54) is 11.3 Å². The fraction of sp³-hybridized carbons (Fsp3) is 0.409. The Balaban J connectivity index is 1.39. The van der Waals surface area contributed by atoms with Gasteiger partial charge in [0.25, 0.3) is 5.91 Å². The molecule has 0 radical (unpaired) electrons. The van der Waals surface area contributed by atoms with Gasteiger partial charge in [-0.3, -0.25) is 4.79 Å². The van der Waals surface area contributed by atoms with Crippen molar-refractivity contribution < 1.29 is 9.53 Å². The van der Waals surface area contributed by atoms with Gasteiger partial charge >= 0.3 is 0 Å². The predicted octanol–water partition coefficient (Wildman–Crippen LogP) is 3.84. The van der Waals surface area contributed by atoms with E-state index in [1.807, 2.05) is 28.8 Å². The second-order valence-electron chi connectivity index (χ2n) is 7.00. The van der Waals surface area contributed by atoms with Crippen LogP contribution in [0.25, 0.3) is 0 Å². The average molecular weight is 383 g/mol. The molecule has 0 aromatic heterocycles. The lowest BCUT2D eigenvalue weighted by molar-refractivity contribution is 0.0766. The minimum Gasteiger partial charge on any atom is -0.378 e. The summed E-state index contributed by atoms with van der Waals surface area (Å²) in [5.74, 6) is 1.13. The van der Waals surface area contributed by atoms with Gasteiger partial charge in [0.1, 0.15) is 0 Å². The van der Waals surface area contributed by atoms with Crippen LogP contribution in [-0.2, 0) is 4.74 Å². The molecular weight excluding hydrogens is 356 g/mol. The Hall–Kier alpha value is -1.98. The molecular formula is C22H26N2O2S. The van der Waals surface area contributed by atoms with Gasteiger partial charge in [-0.2, -0.15) is 11.8 Å². The zero-order valence-corrected chi connectivity index (χ0v) is 16.4. The van der Waals surface area contributed by atoms with Crippen molar-refractivity contribution in [2.24, 2.45) is 0 Å². The quantitative estimate of drug-likeness (QED) is 0.807. The van der Waals surface area contributed by atoms with Gasteiger partial charge < -0.3 is 14.5 Å². The first kappa shape index (κ1) is 18.4. The third kappa shape index (κ3) is 4.47. The molecule has 4 nitrogen and oxygen atoms in total. The number of hydrogen-bond acceptors (Lipinski definition) is 4. The first-order valence-corrected chi connectivity index (χ1v) is 10.7. The van der Waals surface area contributed by atoms with Crippen LogP contribution >= 0.6 is 11.8 Å². The van der Waals surface area contributed by atoms with Gasteiger partial charge in [0.2, 0.25) is 0 Å². The highest BCUT2D eigenvalue weighted by molar-refractivity contribution is 7.99. The van der Waals surface area contributed by atoms with Crippen molar-refractivity contribution in [3.8, 4) is 0 Å². The van der Waals surface area contributed by atoms with Gasteiger partial charge in [-0.25, -0.2) is 0 Å². The van der Waals surface area contributed by atoms with Crippen LogP contribution in [0.3, 0.4) is 0 Å². The van der Waals surface area contributed by atoms with Crippen molar-refractivity contribution in [3.05, 3.63) is 65.7 Å². The number of carbonyl (C=O) groups excluding carboxylic acids is 1. The zero-order valence-electron chi connectivity index (χ0n) is 15.5. The molecule has 2 saturated heterocycles. The van der Waals surface area contributed by atoms with E-state index < -0.39 is 0 Å². The largest absolute Gasteiger partial charge is 0.378 e. The van der Waals surface area contributed by atoms with Crippen LogP contribution in [0.5, 0.6) is 0 Å². The molecule has 0 bridgehead atoms. The molecule has 1 atom stereocenters. The Morgan fingerprint density at radius 3 is 2.41 bits per heavy atom. The van der Waals surface area contributed by atoms with E-state index in [0.29, 0.717) is 5.25 Å². The van der Waals surface area contributed by atoms with Crippen molar-refractivity contribution in [1.82, 2.24) is 4.90 Å². The van der Waals surface area contributed by atoms with Crippen LogP contribution in [-0.4, -0.2) is 56.0 Å². The minimum absolute atomic E-state index is 0.151. The van der Waals surface area contributed by atoms with Crippen LogP contribution < -0.4 is 4.90 Å². The van der Waals surface area contributed by atoms with Gasteiger partial charge in [0.15, 0.2) is 0 Å². The van der Waals surface area contributed by atoms with Crippen LogP contribution in [0.4, 0.5) is 5.69 Å². The summed E-state index contributed by atoms with van der Waals surface area (Å²) in [5, 5.41) is 0.479. The summed E-state index contributed by atoms with van der Waals surface area (Å²) in [4.78, 5) is 17.3. The summed E-state index contributed by atoms with van der Waals surface area (Å²) in [7, 11) is 0. The monoisotopic (exact) mass is 382 g/mol. The standard InChI is InChI=1S/C22H26N2O2S/c25-22(19-6-8-20(9-7-19)23-12-15-26-16-13-23)24-11-10-21(27-17-14-24)18-4-2-1-3-5-18/h1-9,21H,10-17H2. The number of nitrogens with zero attached hydrogens (tertiary/aromatic N) is 2. The van der Waals surface area contributed by atoms with Crippen LogP contribution in [0, 0.1) is 0 Å². The summed E-state index contributed by atoms with van der Waals surface area (Å²) < 4.78 is 5.41. The maximum absolute atomic E-state index is 13.0. The van der Waals surface area contributed by atoms with Crippen molar-refractivity contribution in [2.45, 2.75) is 11.7 Å². The lowest BCUT2D eigenvalue weighted by atomic mass is 10.1. The Morgan fingerprint density at radius 2 is 1.67 bits per heavy atom. The maximum atomic E-state index is 13.0. The molecule has 2 aliphatic rings. The van der Waals surface area contributed by atoms with Crippen LogP contribution in [0.15, 0.2) is 54.6 Å². The highest BCUT2D eigenvalue weighted by Gasteiger charge is 2.23. The van der Waals surface area contributed by atoms with E-state index in [2.05, 4.69) is 47.4 Å². The van der Waals surface area contributed by atoms with Crippen LogP contribution in [0.1, 0.15) is 27.6 Å². The Morgan fingerprint density at radius 1 is 0.926 bits per heavy atom. The molecule has 142 valence electrons. The number of ether oxygens (including phenoxy) is 1. The fourth-order valence-corrected chi connectivity index (χ4v) is 4.96. The summed E-state index contributed by atoms with van der Waals surface area (Å²) in [6, 6.07) is 18.7. The molecule has 2 aromatic carbocycles. The highest BCUT2D eigenvalue weighted by Crippen LogP contribution is 2.34. The Kier molecular flexibility index (Phi) is 6.00. The summed E-state index contributed by atoms with van der Waals surface area (Å²) in [6.45, 7) is 5.01. The first-order valence-electron chi connectivity index (χ1n) is 9.70. The smallest absolute Gasteiger partial charge is 0.253 e. The molecule has 0 N–H and O–H groups in total. The van der Waals surface area contributed by atoms with E-state index in [0.717, 1.165) is 57.1 Å². The number of anilines is 1. The second kappa shape index (κ2) is 8.81. The molecule has 5 heteroatoms. The van der Waals surface area contributed by atoms with Crippen molar-refractivity contribution in [2.75, 3.05) is 50.0 Å². The van der Waals surface area contributed by atoms with Gasteiger partial charge in [-0.15, -0.1) is 0 Å². The fourth-order valence-electron chi connectivity index (χ4n) is 3.73. The topological polar surface area (TPSA) is 32.8 Å². The van der Waals surface area contributed by atoms with E-state index in [4.69, 9.17) is 4.74 Å². The average Bonchev–Trinajstić information content (AvgIpc) is 3.01. The molecule has 27 heavy (non-hydrogen) atoms. The summed E-state index contributed by atoms with van der Waals surface area (Å²) >= 11 is 1.96. The Labute approximate surface area is 165 Å². The summed E-state index contributed by atoms with van der Waals surface area (Å²) in [5.41, 5.74) is 3.33. The van der Waals surface area contributed by atoms with Crippen LogP contribution in [0.2, 0.25) is 0 Å². The maximum Gasteiger partial charge on any atom is 0.253 e. The number of rotatable bonds is 3. The number of morpholine rings is 1. The van der Waals surface area contributed by atoms with Gasteiger partial charge in [0.05, 0.1) is 13.2 Å². The molecule has 0 spiro atoms. The predicted molar refractivity (Wildman–Crippen MR) is 112 cm³/mol. The third-order valence-corrected chi connectivity index (χ3v) is 6.62. The number of hydrogen-bond donors (Lipinski definition) is 0. The van der Waals surface area contributed by atoms with E-state index in [9.17, 15) is 4.79 Å². The number of carbonyl (C=O) groups is 1. The summed E-state index contributed by atoms with van der Waals surface area (Å²) in [6.07, 6.45) is 1.01. The molecule has 2 aliphatic heterocycles. The molecule has 0 saturated carbocycles. The van der Waals surface area contributed by atoms with E-state index in [-0.39, 0.29) is 5.91 Å². The van der Waals surface area contributed by atoms with E-state index >= 15 is 0 Å². The third-order valence-electron chi connectivity index (χ3n) is 5.29. The van der Waals surface area contributed by atoms with E-state index in [1.54, 1.807) is 0 Å². The molecule has 1 amide bonds. The first-order chi connectivity index (χ1) is 13.3. The van der Waals surface area contributed by atoms with Crippen molar-refractivity contribution in [3.63, 3.8) is 0 Å².